The fraction of sp³-hybridized carbons (Fsp3) is 0.963. The van der Waals surface area contributed by atoms with E-state index in [2.05, 4.69) is 13.8 Å². The first kappa shape index (κ1) is 25.9. The molecule has 1 saturated heterocycles. The van der Waals surface area contributed by atoms with Gasteiger partial charge in [-0.1, -0.05) is 13.8 Å². The second-order valence-electron chi connectivity index (χ2n) is 12.8. The van der Waals surface area contributed by atoms with Crippen LogP contribution >= 0.6 is 0 Å². The molecule has 0 bridgehead atoms. The topological polar surface area (TPSA) is 131 Å². The van der Waals surface area contributed by atoms with Gasteiger partial charge in [-0.25, -0.2) is 0 Å². The van der Waals surface area contributed by atoms with Crippen molar-refractivity contribution in [1.29, 1.82) is 0 Å². The van der Waals surface area contributed by atoms with Gasteiger partial charge in [0.05, 0.1) is 25.2 Å². The number of hydrogen-bond acceptors (Lipinski definition) is 8. The molecule has 0 spiro atoms. The Morgan fingerprint density at radius 3 is 2.40 bits per heavy atom. The Morgan fingerprint density at radius 1 is 0.943 bits per heavy atom. The summed E-state index contributed by atoms with van der Waals surface area (Å²) in [7, 11) is 1.49. The zero-order valence-electron chi connectivity index (χ0n) is 21.7. The van der Waals surface area contributed by atoms with Crippen LogP contribution in [0.1, 0.15) is 78.6 Å². The van der Waals surface area contributed by atoms with Gasteiger partial charge in [-0.2, -0.15) is 0 Å². The number of ether oxygens (including phenoxy) is 3. The minimum atomic E-state index is -1.27. The molecule has 5 N–H and O–H groups in total. The predicted molar refractivity (Wildman–Crippen MR) is 128 cm³/mol. The third-order valence-electron chi connectivity index (χ3n) is 11.6. The van der Waals surface area contributed by atoms with E-state index in [0.717, 1.165) is 57.8 Å². The summed E-state index contributed by atoms with van der Waals surface area (Å²) in [5.41, 5.74) is 6.94. The molecule has 200 valence electrons. The third kappa shape index (κ3) is 3.73. The standard InChI is InChI=1S/C27H45NO7/c1-14-20(29)21(30)22(31)24(34-14)35-16-7-10-25(2)15(13-16)5-6-18-17(25)8-11-26(3)19(23(32)33-4)9-12-27(18,26)28/h14-22,24,29-31H,5-13,28H2,1-4H3. The second kappa shape index (κ2) is 8.91. The molecule has 0 radical (unpaired) electrons. The van der Waals surface area contributed by atoms with Gasteiger partial charge in [0.25, 0.3) is 0 Å². The van der Waals surface area contributed by atoms with Crippen LogP contribution in [0, 0.1) is 34.5 Å². The monoisotopic (exact) mass is 495 g/mol. The van der Waals surface area contributed by atoms with Crippen LogP contribution in [0.3, 0.4) is 0 Å². The molecule has 13 atom stereocenters. The second-order valence-corrected chi connectivity index (χ2v) is 12.8. The van der Waals surface area contributed by atoms with E-state index in [9.17, 15) is 20.1 Å². The first-order chi connectivity index (χ1) is 16.5. The molecule has 0 aromatic rings. The molecule has 4 aliphatic carbocycles. The highest BCUT2D eigenvalue weighted by molar-refractivity contribution is 5.74. The number of fused-ring (bicyclic) bond motifs is 5. The molecular weight excluding hydrogens is 450 g/mol. The van der Waals surface area contributed by atoms with E-state index in [0.29, 0.717) is 17.8 Å². The summed E-state index contributed by atoms with van der Waals surface area (Å²) >= 11 is 0. The highest BCUT2D eigenvalue weighted by Gasteiger charge is 2.67. The molecule has 8 nitrogen and oxygen atoms in total. The predicted octanol–water partition coefficient (Wildman–Crippen LogP) is 2.11. The first-order valence-corrected chi connectivity index (χ1v) is 13.7. The van der Waals surface area contributed by atoms with Gasteiger partial charge in [-0.3, -0.25) is 4.79 Å². The van der Waals surface area contributed by atoms with Gasteiger partial charge in [0.1, 0.15) is 18.3 Å². The number of rotatable bonds is 3. The maximum absolute atomic E-state index is 12.6. The van der Waals surface area contributed by atoms with Gasteiger partial charge in [0.15, 0.2) is 6.29 Å². The molecule has 5 aliphatic rings. The van der Waals surface area contributed by atoms with Crippen molar-refractivity contribution in [3.8, 4) is 0 Å². The number of hydrogen-bond donors (Lipinski definition) is 4. The van der Waals surface area contributed by atoms with Crippen molar-refractivity contribution in [2.24, 2.45) is 40.2 Å². The number of aliphatic hydroxyl groups is 3. The van der Waals surface area contributed by atoms with E-state index in [4.69, 9.17) is 19.9 Å². The molecule has 0 aromatic carbocycles. The van der Waals surface area contributed by atoms with Crippen LogP contribution in [-0.2, 0) is 19.0 Å². The van der Waals surface area contributed by atoms with Gasteiger partial charge < -0.3 is 35.3 Å². The molecule has 0 aromatic heterocycles. The summed E-state index contributed by atoms with van der Waals surface area (Å²) in [5.74, 6) is 1.24. The van der Waals surface area contributed by atoms with Crippen LogP contribution < -0.4 is 5.73 Å². The summed E-state index contributed by atoms with van der Waals surface area (Å²) < 4.78 is 17.1. The van der Waals surface area contributed by atoms with E-state index >= 15 is 0 Å². The van der Waals surface area contributed by atoms with Crippen LogP contribution in [0.5, 0.6) is 0 Å². The maximum Gasteiger partial charge on any atom is 0.309 e. The van der Waals surface area contributed by atoms with Crippen molar-refractivity contribution in [2.75, 3.05) is 7.11 Å². The van der Waals surface area contributed by atoms with Crippen molar-refractivity contribution >= 4 is 5.97 Å². The molecule has 1 heterocycles. The van der Waals surface area contributed by atoms with Crippen molar-refractivity contribution in [2.45, 2.75) is 121 Å². The Morgan fingerprint density at radius 2 is 1.69 bits per heavy atom. The average Bonchev–Trinajstić information content (AvgIpc) is 3.12. The van der Waals surface area contributed by atoms with Gasteiger partial charge in [0, 0.05) is 5.54 Å². The molecule has 4 saturated carbocycles. The SMILES string of the molecule is COC(=O)C1CCC2(N)C3CCC4CC(OC5OC(C)C(O)C(O)C5O)CCC4(C)C3CCC12C. The fourth-order valence-electron chi connectivity index (χ4n) is 9.25. The Labute approximate surface area is 208 Å². The average molecular weight is 496 g/mol. The number of carbonyl (C=O) groups excluding carboxylic acids is 1. The highest BCUT2D eigenvalue weighted by atomic mass is 16.7. The molecule has 5 fully saturated rings. The smallest absolute Gasteiger partial charge is 0.309 e. The first-order valence-electron chi connectivity index (χ1n) is 13.7. The zero-order chi connectivity index (χ0) is 25.3. The van der Waals surface area contributed by atoms with Crippen molar-refractivity contribution < 1.29 is 34.3 Å². The summed E-state index contributed by atoms with van der Waals surface area (Å²) in [6, 6.07) is 0. The summed E-state index contributed by atoms with van der Waals surface area (Å²) in [4.78, 5) is 12.6. The lowest BCUT2D eigenvalue weighted by Crippen LogP contribution is -2.67. The minimum Gasteiger partial charge on any atom is -0.469 e. The summed E-state index contributed by atoms with van der Waals surface area (Å²) in [6.07, 6.45) is 3.50. The van der Waals surface area contributed by atoms with Gasteiger partial charge in [-0.05, 0) is 93.3 Å². The normalized spacial score (nSPS) is 56.0. The van der Waals surface area contributed by atoms with E-state index < -0.39 is 30.7 Å². The van der Waals surface area contributed by atoms with Gasteiger partial charge in [0.2, 0.25) is 0 Å². The molecule has 5 rings (SSSR count). The van der Waals surface area contributed by atoms with Crippen LogP contribution in [-0.4, -0.2) is 70.7 Å². The van der Waals surface area contributed by atoms with Gasteiger partial charge >= 0.3 is 5.97 Å². The minimum absolute atomic E-state index is 0.0465. The summed E-state index contributed by atoms with van der Waals surface area (Å²) in [5, 5.41) is 30.5. The molecule has 35 heavy (non-hydrogen) atoms. The number of carbonyl (C=O) groups is 1. The lowest BCUT2D eigenvalue weighted by atomic mass is 9.42. The third-order valence-corrected chi connectivity index (χ3v) is 11.6. The van der Waals surface area contributed by atoms with Crippen LogP contribution in [0.25, 0.3) is 0 Å². The van der Waals surface area contributed by atoms with Gasteiger partial charge in [-0.15, -0.1) is 0 Å². The van der Waals surface area contributed by atoms with E-state index in [-0.39, 0.29) is 34.4 Å². The number of aliphatic hydroxyl groups excluding tert-OH is 3. The van der Waals surface area contributed by atoms with Crippen molar-refractivity contribution in [3.05, 3.63) is 0 Å². The number of methoxy groups -OCH3 is 1. The lowest BCUT2D eigenvalue weighted by Gasteiger charge is -2.64. The molecule has 1 aliphatic heterocycles. The number of esters is 1. The maximum atomic E-state index is 12.6. The quantitative estimate of drug-likeness (QED) is 0.346. The van der Waals surface area contributed by atoms with Crippen molar-refractivity contribution in [1.82, 2.24) is 0 Å². The molecular formula is C27H45NO7. The van der Waals surface area contributed by atoms with E-state index in [1.54, 1.807) is 6.92 Å². The van der Waals surface area contributed by atoms with Crippen LogP contribution in [0.2, 0.25) is 0 Å². The van der Waals surface area contributed by atoms with Crippen molar-refractivity contribution in [3.63, 3.8) is 0 Å². The van der Waals surface area contributed by atoms with Crippen LogP contribution in [0.15, 0.2) is 0 Å². The largest absolute Gasteiger partial charge is 0.469 e. The molecule has 13 unspecified atom stereocenters. The highest BCUT2D eigenvalue weighted by Crippen LogP contribution is 2.68. The van der Waals surface area contributed by atoms with E-state index in [1.165, 1.54) is 7.11 Å². The molecule has 8 heteroatoms. The van der Waals surface area contributed by atoms with E-state index in [1.807, 2.05) is 0 Å². The Balaban J connectivity index is 1.29. The number of nitrogens with two attached hydrogens (primary N) is 1. The Hall–Kier alpha value is -0.770. The fourth-order valence-corrected chi connectivity index (χ4v) is 9.25. The molecule has 0 amide bonds. The Bertz CT molecular complexity index is 825. The lowest BCUT2D eigenvalue weighted by molar-refractivity contribution is -0.309. The zero-order valence-corrected chi connectivity index (χ0v) is 21.7. The summed E-state index contributed by atoms with van der Waals surface area (Å²) in [6.45, 7) is 6.36. The Kier molecular flexibility index (Phi) is 6.59. The van der Waals surface area contributed by atoms with Crippen LogP contribution in [0.4, 0.5) is 0 Å².